The lowest BCUT2D eigenvalue weighted by atomic mass is 10.6. The molecule has 1 rings (SSSR count). The monoisotopic (exact) mass is 178 g/mol. The van der Waals surface area contributed by atoms with E-state index in [1.54, 1.807) is 21.3 Å². The zero-order valence-corrected chi connectivity index (χ0v) is 8.12. The van der Waals surface area contributed by atoms with Crippen LogP contribution in [-0.2, 0) is 18.0 Å². The molecule has 0 aromatic carbocycles. The van der Waals surface area contributed by atoms with Gasteiger partial charge >= 0.3 is 8.80 Å². The molecule has 1 aliphatic heterocycles. The molecule has 1 atom stereocenters. The third-order valence-corrected chi connectivity index (χ3v) is 4.63. The summed E-state index contributed by atoms with van der Waals surface area (Å²) in [6.45, 7) is 0.810. The lowest BCUT2D eigenvalue weighted by Crippen LogP contribution is -2.43. The Morgan fingerprint density at radius 1 is 1.27 bits per heavy atom. The molecule has 4 nitrogen and oxygen atoms in total. The minimum atomic E-state index is -2.34. The van der Waals surface area contributed by atoms with Crippen molar-refractivity contribution >= 4 is 8.80 Å². The van der Waals surface area contributed by atoms with Gasteiger partial charge in [0.1, 0.15) is 0 Å². The molecule has 0 aliphatic carbocycles. The summed E-state index contributed by atoms with van der Waals surface area (Å²) in [4.78, 5) is 0. The third kappa shape index (κ3) is 2.24. The van der Waals surface area contributed by atoms with Crippen molar-refractivity contribution in [1.29, 1.82) is 0 Å². The van der Waals surface area contributed by atoms with Crippen LogP contribution in [-0.4, -0.2) is 42.8 Å². The summed E-state index contributed by atoms with van der Waals surface area (Å²) >= 11 is 0. The largest absolute Gasteiger partial charge is 0.502 e. The molecule has 0 saturated carbocycles. The van der Waals surface area contributed by atoms with Crippen molar-refractivity contribution < 1.29 is 18.0 Å². The van der Waals surface area contributed by atoms with Crippen LogP contribution in [0.2, 0.25) is 6.04 Å². The summed E-state index contributed by atoms with van der Waals surface area (Å²) in [5.41, 5.74) is 0. The van der Waals surface area contributed by atoms with Crippen LogP contribution in [0.25, 0.3) is 0 Å². The molecule has 5 heteroatoms. The predicted octanol–water partition coefficient (Wildman–Crippen LogP) is 0.263. The Kier molecular flexibility index (Phi) is 3.03. The molecule has 0 amide bonds. The fourth-order valence-corrected chi connectivity index (χ4v) is 2.76. The average molecular weight is 178 g/mol. The van der Waals surface area contributed by atoms with Crippen LogP contribution in [0.15, 0.2) is 0 Å². The van der Waals surface area contributed by atoms with Gasteiger partial charge in [0.2, 0.25) is 0 Å². The van der Waals surface area contributed by atoms with Gasteiger partial charge in [0.25, 0.3) is 0 Å². The normalized spacial score (nSPS) is 23.7. The molecule has 1 fully saturated rings. The van der Waals surface area contributed by atoms with Crippen LogP contribution < -0.4 is 0 Å². The Bertz CT molecular complexity index is 113. The Balaban J connectivity index is 2.39. The van der Waals surface area contributed by atoms with E-state index in [9.17, 15) is 0 Å². The van der Waals surface area contributed by atoms with E-state index in [-0.39, 0.29) is 0 Å². The number of epoxide rings is 1. The fourth-order valence-electron chi connectivity index (χ4n) is 0.965. The van der Waals surface area contributed by atoms with Crippen molar-refractivity contribution in [2.24, 2.45) is 0 Å². The SMILES string of the molecule is CO[Si](CC1CO1)(OC)OC. The summed E-state index contributed by atoms with van der Waals surface area (Å²) in [6.07, 6.45) is 0.293. The summed E-state index contributed by atoms with van der Waals surface area (Å²) in [6, 6.07) is 0.760. The van der Waals surface area contributed by atoms with Crippen molar-refractivity contribution in [2.75, 3.05) is 27.9 Å². The molecule has 0 bridgehead atoms. The quantitative estimate of drug-likeness (QED) is 0.447. The predicted molar refractivity (Wildman–Crippen MR) is 41.3 cm³/mol. The van der Waals surface area contributed by atoms with Crippen LogP contribution in [0.3, 0.4) is 0 Å². The molecule has 1 unspecified atom stereocenters. The highest BCUT2D eigenvalue weighted by Gasteiger charge is 2.44. The van der Waals surface area contributed by atoms with E-state index in [0.29, 0.717) is 6.10 Å². The van der Waals surface area contributed by atoms with E-state index in [1.807, 2.05) is 0 Å². The van der Waals surface area contributed by atoms with E-state index in [0.717, 1.165) is 12.7 Å². The zero-order valence-electron chi connectivity index (χ0n) is 7.12. The maximum Gasteiger partial charge on any atom is 0.502 e. The highest BCUT2D eigenvalue weighted by Crippen LogP contribution is 2.23. The van der Waals surface area contributed by atoms with Crippen molar-refractivity contribution in [2.45, 2.75) is 12.1 Å². The van der Waals surface area contributed by atoms with E-state index < -0.39 is 8.80 Å². The van der Waals surface area contributed by atoms with Gasteiger partial charge in [-0.3, -0.25) is 0 Å². The number of rotatable bonds is 5. The molecule has 0 spiro atoms. The van der Waals surface area contributed by atoms with Gasteiger partial charge in [0, 0.05) is 27.4 Å². The lowest BCUT2D eigenvalue weighted by Gasteiger charge is -2.23. The van der Waals surface area contributed by atoms with E-state index in [1.165, 1.54) is 0 Å². The molecule has 66 valence electrons. The van der Waals surface area contributed by atoms with Gasteiger partial charge < -0.3 is 18.0 Å². The van der Waals surface area contributed by atoms with Crippen LogP contribution >= 0.6 is 0 Å². The maximum atomic E-state index is 5.20. The van der Waals surface area contributed by atoms with E-state index >= 15 is 0 Å². The van der Waals surface area contributed by atoms with Crippen LogP contribution in [0.1, 0.15) is 0 Å². The van der Waals surface area contributed by atoms with Crippen LogP contribution in [0.4, 0.5) is 0 Å². The van der Waals surface area contributed by atoms with Gasteiger partial charge in [-0.15, -0.1) is 0 Å². The van der Waals surface area contributed by atoms with E-state index in [2.05, 4.69) is 0 Å². The van der Waals surface area contributed by atoms with Crippen molar-refractivity contribution in [3.63, 3.8) is 0 Å². The van der Waals surface area contributed by atoms with Gasteiger partial charge in [0.05, 0.1) is 12.7 Å². The summed E-state index contributed by atoms with van der Waals surface area (Å²) in [5, 5.41) is 0. The molecule has 1 saturated heterocycles. The molecule has 1 heterocycles. The maximum absolute atomic E-state index is 5.20. The molecular formula is C6H14O4Si. The standard InChI is InChI=1S/C6H14O4Si/c1-7-11(8-2,9-3)5-6-4-10-6/h6H,4-5H2,1-3H3. The second-order valence-corrected chi connectivity index (χ2v) is 5.45. The van der Waals surface area contributed by atoms with Crippen molar-refractivity contribution in [3.05, 3.63) is 0 Å². The summed E-state index contributed by atoms with van der Waals surface area (Å²) in [5.74, 6) is 0. The molecular weight excluding hydrogens is 164 g/mol. The minimum Gasteiger partial charge on any atom is -0.377 e. The second kappa shape index (κ2) is 3.64. The molecule has 0 aromatic rings. The van der Waals surface area contributed by atoms with Gasteiger partial charge in [-0.2, -0.15) is 0 Å². The van der Waals surface area contributed by atoms with Crippen molar-refractivity contribution in [1.82, 2.24) is 0 Å². The van der Waals surface area contributed by atoms with Gasteiger partial charge in [-0.05, 0) is 0 Å². The van der Waals surface area contributed by atoms with Gasteiger partial charge in [-0.25, -0.2) is 0 Å². The second-order valence-electron chi connectivity index (χ2n) is 2.45. The Labute approximate surface area is 67.8 Å². The highest BCUT2D eigenvalue weighted by atomic mass is 28.4. The molecule has 0 N–H and O–H groups in total. The van der Waals surface area contributed by atoms with Gasteiger partial charge in [-0.1, -0.05) is 0 Å². The lowest BCUT2D eigenvalue weighted by molar-refractivity contribution is 0.121. The average Bonchev–Trinajstić information content (AvgIpc) is 2.84. The first kappa shape index (κ1) is 9.15. The first-order valence-electron chi connectivity index (χ1n) is 3.53. The van der Waals surface area contributed by atoms with Crippen LogP contribution in [0.5, 0.6) is 0 Å². The van der Waals surface area contributed by atoms with Crippen LogP contribution in [0, 0.1) is 0 Å². The highest BCUT2D eigenvalue weighted by molar-refractivity contribution is 6.60. The topological polar surface area (TPSA) is 40.2 Å². The Morgan fingerprint density at radius 3 is 2.00 bits per heavy atom. The van der Waals surface area contributed by atoms with E-state index in [4.69, 9.17) is 18.0 Å². The van der Waals surface area contributed by atoms with Gasteiger partial charge in [0.15, 0.2) is 0 Å². The number of hydrogen-bond acceptors (Lipinski definition) is 4. The first-order valence-corrected chi connectivity index (χ1v) is 5.46. The number of ether oxygens (including phenoxy) is 1. The molecule has 11 heavy (non-hydrogen) atoms. The molecule has 0 aromatic heterocycles. The zero-order chi connectivity index (χ0) is 8.32. The third-order valence-electron chi connectivity index (χ3n) is 1.81. The fraction of sp³-hybridized carbons (Fsp3) is 1.00. The number of hydrogen-bond donors (Lipinski definition) is 0. The Hall–Kier alpha value is 0.0569. The smallest absolute Gasteiger partial charge is 0.377 e. The minimum absolute atomic E-state index is 0.293. The molecule has 0 radical (unpaired) electrons. The first-order chi connectivity index (χ1) is 5.26. The summed E-state index contributed by atoms with van der Waals surface area (Å²) in [7, 11) is 2.50. The van der Waals surface area contributed by atoms with Crippen molar-refractivity contribution in [3.8, 4) is 0 Å². The summed E-state index contributed by atoms with van der Waals surface area (Å²) < 4.78 is 20.7. The Morgan fingerprint density at radius 2 is 1.73 bits per heavy atom. The molecule has 1 aliphatic rings.